The van der Waals surface area contributed by atoms with Crippen molar-refractivity contribution in [3.63, 3.8) is 0 Å². The third-order valence-electron chi connectivity index (χ3n) is 5.62. The summed E-state index contributed by atoms with van der Waals surface area (Å²) in [6.45, 7) is 2.08. The van der Waals surface area contributed by atoms with Crippen LogP contribution in [0.5, 0.6) is 0 Å². The summed E-state index contributed by atoms with van der Waals surface area (Å²) in [6.07, 6.45) is 5.89. The molecule has 0 radical (unpaired) electrons. The first-order chi connectivity index (χ1) is 18.1. The van der Waals surface area contributed by atoms with E-state index < -0.39 is 11.8 Å². The first kappa shape index (κ1) is 28.1. The number of aromatic nitrogens is 4. The molecule has 0 fully saturated rings. The molecule has 0 spiro atoms. The number of nitrogens with two attached hydrogens (primary N) is 1. The van der Waals surface area contributed by atoms with Gasteiger partial charge in [0.2, 0.25) is 12.2 Å². The number of carbonyl (C=O) groups is 4. The quantitative estimate of drug-likeness (QED) is 0.199. The average Bonchev–Trinajstić information content (AvgIpc) is 3.54. The molecular weight excluding hydrogens is 492 g/mol. The van der Waals surface area contributed by atoms with Crippen LogP contribution in [0, 0.1) is 0 Å². The van der Waals surface area contributed by atoms with Gasteiger partial charge in [-0.2, -0.15) is 0 Å². The molecule has 0 aromatic carbocycles. The SMILES string of the molecule is CN(C)CCNC(=O)c1cc(NC(=O)c2cc(NC(=O)c3nc(NC=O)cn3C)cn2CCCN)cn1C. The van der Waals surface area contributed by atoms with Crippen LogP contribution in [0.1, 0.15) is 38.0 Å². The van der Waals surface area contributed by atoms with Crippen LogP contribution in [0.15, 0.2) is 30.7 Å². The van der Waals surface area contributed by atoms with E-state index in [4.69, 9.17) is 5.73 Å². The van der Waals surface area contributed by atoms with E-state index in [1.54, 1.807) is 47.8 Å². The summed E-state index contributed by atoms with van der Waals surface area (Å²) in [7, 11) is 7.19. The summed E-state index contributed by atoms with van der Waals surface area (Å²) in [6, 6.07) is 3.15. The average molecular weight is 527 g/mol. The van der Waals surface area contributed by atoms with Gasteiger partial charge in [-0.05, 0) is 39.2 Å². The smallest absolute Gasteiger partial charge is 0.291 e. The largest absolute Gasteiger partial charge is 0.349 e. The topological polar surface area (TPSA) is 173 Å². The summed E-state index contributed by atoms with van der Waals surface area (Å²) >= 11 is 0. The summed E-state index contributed by atoms with van der Waals surface area (Å²) in [5.74, 6) is -0.853. The van der Waals surface area contributed by atoms with Gasteiger partial charge in [0, 0.05) is 52.3 Å². The Balaban J connectivity index is 1.75. The predicted octanol–water partition coefficient (Wildman–Crippen LogP) is 0.273. The number of carbonyl (C=O) groups excluding carboxylic acids is 4. The molecule has 3 heterocycles. The summed E-state index contributed by atoms with van der Waals surface area (Å²) in [5.41, 5.74) is 7.22. The van der Waals surface area contributed by atoms with Gasteiger partial charge in [0.15, 0.2) is 5.82 Å². The Labute approximate surface area is 220 Å². The summed E-state index contributed by atoms with van der Waals surface area (Å²) < 4.78 is 4.82. The number of rotatable bonds is 13. The fraction of sp³-hybridized carbons (Fsp3) is 0.375. The van der Waals surface area contributed by atoms with Crippen molar-refractivity contribution >= 4 is 41.3 Å². The molecule has 0 aliphatic carbocycles. The maximum Gasteiger partial charge on any atom is 0.291 e. The van der Waals surface area contributed by atoms with Gasteiger partial charge < -0.3 is 45.6 Å². The molecule has 4 amide bonds. The Morgan fingerprint density at radius 2 is 1.66 bits per heavy atom. The molecule has 204 valence electrons. The van der Waals surface area contributed by atoms with Gasteiger partial charge in [-0.1, -0.05) is 0 Å². The van der Waals surface area contributed by atoms with Gasteiger partial charge in [-0.15, -0.1) is 0 Å². The van der Waals surface area contributed by atoms with E-state index in [1.807, 2.05) is 19.0 Å². The molecule has 6 N–H and O–H groups in total. The first-order valence-electron chi connectivity index (χ1n) is 12.0. The standard InChI is InChI=1S/C24H34N10O4/c1-31(2)9-7-26-22(36)18-10-16(12-32(18)3)28-23(37)19-11-17(13-34(19)8-5-6-25)29-24(38)21-30-20(27-15-35)14-33(21)4/h10-15H,5-9,25H2,1-4H3,(H,26,36)(H,27,35)(H,28,37)(H,29,38). The Hall–Kier alpha value is -4.43. The van der Waals surface area contributed by atoms with Crippen LogP contribution in [0.3, 0.4) is 0 Å². The minimum absolute atomic E-state index is 0.0794. The molecule has 3 aromatic rings. The van der Waals surface area contributed by atoms with Crippen molar-refractivity contribution in [2.45, 2.75) is 13.0 Å². The second-order valence-corrected chi connectivity index (χ2v) is 8.96. The molecule has 14 nitrogen and oxygen atoms in total. The van der Waals surface area contributed by atoms with Crippen molar-refractivity contribution in [1.82, 2.24) is 28.9 Å². The van der Waals surface area contributed by atoms with Gasteiger partial charge in [-0.3, -0.25) is 19.2 Å². The van der Waals surface area contributed by atoms with E-state index in [9.17, 15) is 19.2 Å². The van der Waals surface area contributed by atoms with Crippen LogP contribution in [0.4, 0.5) is 17.2 Å². The summed E-state index contributed by atoms with van der Waals surface area (Å²) in [4.78, 5) is 55.2. The zero-order valence-electron chi connectivity index (χ0n) is 21.9. The maximum atomic E-state index is 13.2. The van der Waals surface area contributed by atoms with Crippen LogP contribution >= 0.6 is 0 Å². The number of hydrogen-bond donors (Lipinski definition) is 5. The minimum atomic E-state index is -0.512. The van der Waals surface area contributed by atoms with Crippen molar-refractivity contribution in [1.29, 1.82) is 0 Å². The lowest BCUT2D eigenvalue weighted by atomic mass is 10.3. The minimum Gasteiger partial charge on any atom is -0.349 e. The highest BCUT2D eigenvalue weighted by atomic mass is 16.2. The van der Waals surface area contributed by atoms with E-state index >= 15 is 0 Å². The molecule has 0 aliphatic heterocycles. The molecule has 0 aliphatic rings. The lowest BCUT2D eigenvalue weighted by Gasteiger charge is -2.10. The van der Waals surface area contributed by atoms with E-state index in [0.717, 1.165) is 0 Å². The molecule has 0 saturated carbocycles. The number of anilines is 3. The molecule has 0 unspecified atom stereocenters. The second-order valence-electron chi connectivity index (χ2n) is 8.96. The summed E-state index contributed by atoms with van der Waals surface area (Å²) in [5, 5.41) is 10.8. The molecule has 0 atom stereocenters. The van der Waals surface area contributed by atoms with E-state index in [-0.39, 0.29) is 17.5 Å². The molecule has 3 rings (SSSR count). The predicted molar refractivity (Wildman–Crippen MR) is 143 cm³/mol. The normalized spacial score (nSPS) is 10.9. The number of amides is 4. The lowest BCUT2D eigenvalue weighted by Crippen LogP contribution is -2.32. The number of aryl methyl sites for hydroxylation is 3. The highest BCUT2D eigenvalue weighted by Crippen LogP contribution is 2.19. The van der Waals surface area contributed by atoms with E-state index in [0.29, 0.717) is 61.8 Å². The molecule has 0 bridgehead atoms. The van der Waals surface area contributed by atoms with Crippen LogP contribution in [0.25, 0.3) is 0 Å². The fourth-order valence-corrected chi connectivity index (χ4v) is 3.75. The highest BCUT2D eigenvalue weighted by Gasteiger charge is 2.20. The molecule has 3 aromatic heterocycles. The van der Waals surface area contributed by atoms with Crippen LogP contribution < -0.4 is 27.0 Å². The van der Waals surface area contributed by atoms with Crippen LogP contribution in [-0.4, -0.2) is 81.4 Å². The zero-order chi connectivity index (χ0) is 27.8. The van der Waals surface area contributed by atoms with Gasteiger partial charge in [0.05, 0.1) is 11.4 Å². The lowest BCUT2D eigenvalue weighted by molar-refractivity contribution is -0.105. The van der Waals surface area contributed by atoms with Gasteiger partial charge in [0.25, 0.3) is 17.7 Å². The molecular formula is C24H34N10O4. The molecule has 38 heavy (non-hydrogen) atoms. The molecule has 14 heteroatoms. The third-order valence-corrected chi connectivity index (χ3v) is 5.62. The third kappa shape index (κ3) is 7.08. The van der Waals surface area contributed by atoms with Crippen molar-refractivity contribution < 1.29 is 19.2 Å². The second kappa shape index (κ2) is 12.7. The number of likely N-dealkylation sites (N-methyl/N-ethyl adjacent to an activating group) is 1. The number of hydrogen-bond acceptors (Lipinski definition) is 7. The van der Waals surface area contributed by atoms with Gasteiger partial charge in [0.1, 0.15) is 11.4 Å². The monoisotopic (exact) mass is 526 g/mol. The Bertz CT molecular complexity index is 1300. The number of imidazole rings is 1. The number of nitrogens with one attached hydrogen (secondary N) is 4. The first-order valence-corrected chi connectivity index (χ1v) is 12.0. The zero-order valence-corrected chi connectivity index (χ0v) is 21.9. The Kier molecular flexibility index (Phi) is 9.40. The Morgan fingerprint density at radius 1 is 0.974 bits per heavy atom. The van der Waals surface area contributed by atoms with Crippen molar-refractivity contribution in [3.8, 4) is 0 Å². The number of nitrogens with zero attached hydrogens (tertiary/aromatic N) is 5. The van der Waals surface area contributed by atoms with E-state index in [2.05, 4.69) is 26.3 Å². The van der Waals surface area contributed by atoms with Crippen molar-refractivity contribution in [3.05, 3.63) is 47.9 Å². The molecule has 0 saturated heterocycles. The fourth-order valence-electron chi connectivity index (χ4n) is 3.75. The van der Waals surface area contributed by atoms with Gasteiger partial charge in [-0.25, -0.2) is 4.98 Å². The highest BCUT2D eigenvalue weighted by molar-refractivity contribution is 6.07. The Morgan fingerprint density at radius 3 is 2.34 bits per heavy atom. The van der Waals surface area contributed by atoms with Crippen LogP contribution in [0.2, 0.25) is 0 Å². The van der Waals surface area contributed by atoms with E-state index in [1.165, 1.54) is 10.8 Å². The van der Waals surface area contributed by atoms with Gasteiger partial charge >= 0.3 is 0 Å². The van der Waals surface area contributed by atoms with Crippen LogP contribution in [-0.2, 0) is 25.4 Å². The maximum absolute atomic E-state index is 13.2. The van der Waals surface area contributed by atoms with Crippen molar-refractivity contribution in [2.75, 3.05) is 49.7 Å². The van der Waals surface area contributed by atoms with Crippen molar-refractivity contribution in [2.24, 2.45) is 19.8 Å².